The van der Waals surface area contributed by atoms with Gasteiger partial charge in [0.2, 0.25) is 0 Å². The second kappa shape index (κ2) is 5.57. The monoisotopic (exact) mass is 283 g/mol. The van der Waals surface area contributed by atoms with Gasteiger partial charge in [0.15, 0.2) is 0 Å². The molecule has 2 unspecified atom stereocenters. The van der Waals surface area contributed by atoms with Crippen molar-refractivity contribution in [2.45, 2.75) is 75.2 Å². The molecule has 0 heterocycles. The Labute approximate surface area is 122 Å². The van der Waals surface area contributed by atoms with Crippen LogP contribution < -0.4 is 5.32 Å². The maximum atomic E-state index is 6.03. The van der Waals surface area contributed by atoms with Gasteiger partial charge >= 0.3 is 0 Å². The van der Waals surface area contributed by atoms with E-state index in [9.17, 15) is 0 Å². The van der Waals surface area contributed by atoms with Crippen LogP contribution in [0.1, 0.15) is 58.3 Å². The fraction of sp³-hybridized carbons (Fsp3) is 1.00. The lowest BCUT2D eigenvalue weighted by Crippen LogP contribution is -2.65. The normalized spacial score (nSPS) is 35.1. The summed E-state index contributed by atoms with van der Waals surface area (Å²) in [7, 11) is 0. The molecule has 0 bridgehead atoms. The molecule has 3 aliphatic carbocycles. The average molecular weight is 283 g/mol. The predicted molar refractivity (Wildman–Crippen MR) is 82.8 cm³/mol. The summed E-state index contributed by atoms with van der Waals surface area (Å²) >= 11 is 2.07. The standard InChI is InChI=1S/C16H29NOS/c1-3-18-14-11-13(16(14)7-5-4-6-8-16)17-12-15(19-2)9-10-15/h13-14,17H,3-12H2,1-2H3. The Morgan fingerprint density at radius 3 is 2.47 bits per heavy atom. The third-order valence-electron chi connectivity index (χ3n) is 5.85. The number of nitrogens with one attached hydrogen (secondary N) is 1. The van der Waals surface area contributed by atoms with Crippen molar-refractivity contribution in [2.24, 2.45) is 5.41 Å². The van der Waals surface area contributed by atoms with Crippen molar-refractivity contribution in [1.82, 2.24) is 5.32 Å². The van der Waals surface area contributed by atoms with Crippen LogP contribution in [-0.4, -0.2) is 36.3 Å². The van der Waals surface area contributed by atoms with Crippen LogP contribution in [0, 0.1) is 5.41 Å². The first-order valence-corrected chi connectivity index (χ1v) is 9.37. The largest absolute Gasteiger partial charge is 0.378 e. The Hall–Kier alpha value is 0.270. The molecule has 3 saturated carbocycles. The number of ether oxygens (including phenoxy) is 1. The van der Waals surface area contributed by atoms with Crippen LogP contribution in [0.4, 0.5) is 0 Å². The van der Waals surface area contributed by atoms with Crippen LogP contribution in [0.15, 0.2) is 0 Å². The van der Waals surface area contributed by atoms with Crippen LogP contribution in [0.2, 0.25) is 0 Å². The first-order chi connectivity index (χ1) is 9.25. The molecule has 0 radical (unpaired) electrons. The Bertz CT molecular complexity index is 310. The van der Waals surface area contributed by atoms with Gasteiger partial charge in [-0.15, -0.1) is 0 Å². The Morgan fingerprint density at radius 2 is 1.89 bits per heavy atom. The highest BCUT2D eigenvalue weighted by Gasteiger charge is 2.56. The van der Waals surface area contributed by atoms with E-state index >= 15 is 0 Å². The van der Waals surface area contributed by atoms with E-state index in [2.05, 4.69) is 30.3 Å². The summed E-state index contributed by atoms with van der Waals surface area (Å²) in [5.41, 5.74) is 0.489. The molecule has 3 fully saturated rings. The molecule has 0 aromatic carbocycles. The number of hydrogen-bond acceptors (Lipinski definition) is 3. The first-order valence-electron chi connectivity index (χ1n) is 8.15. The van der Waals surface area contributed by atoms with Gasteiger partial charge in [0, 0.05) is 29.4 Å². The maximum Gasteiger partial charge on any atom is 0.0661 e. The number of hydrogen-bond donors (Lipinski definition) is 1. The van der Waals surface area contributed by atoms with Gasteiger partial charge in [-0.2, -0.15) is 11.8 Å². The van der Waals surface area contributed by atoms with E-state index in [4.69, 9.17) is 4.74 Å². The van der Waals surface area contributed by atoms with E-state index in [0.29, 0.717) is 16.3 Å². The molecular formula is C16H29NOS. The van der Waals surface area contributed by atoms with Crippen LogP contribution >= 0.6 is 11.8 Å². The summed E-state index contributed by atoms with van der Waals surface area (Å²) in [6.07, 6.45) is 13.9. The minimum Gasteiger partial charge on any atom is -0.378 e. The molecule has 1 spiro atoms. The molecule has 3 heteroatoms. The van der Waals surface area contributed by atoms with Crippen molar-refractivity contribution < 1.29 is 4.74 Å². The SMILES string of the molecule is CCOC1CC(NCC2(SC)CC2)C12CCCCC2. The zero-order valence-corrected chi connectivity index (χ0v) is 13.4. The minimum absolute atomic E-state index is 0.489. The molecule has 3 rings (SSSR count). The lowest BCUT2D eigenvalue weighted by atomic mass is 9.55. The Balaban J connectivity index is 1.58. The first kappa shape index (κ1) is 14.2. The van der Waals surface area contributed by atoms with E-state index in [1.807, 2.05) is 0 Å². The highest BCUT2D eigenvalue weighted by molar-refractivity contribution is 8.00. The van der Waals surface area contributed by atoms with Gasteiger partial charge in [0.25, 0.3) is 0 Å². The fourth-order valence-corrected chi connectivity index (χ4v) is 4.99. The maximum absolute atomic E-state index is 6.03. The predicted octanol–water partition coefficient (Wildman–Crippen LogP) is 3.60. The molecule has 3 aliphatic rings. The van der Waals surface area contributed by atoms with Gasteiger partial charge in [-0.05, 0) is 45.3 Å². The van der Waals surface area contributed by atoms with Crippen LogP contribution in [0.5, 0.6) is 0 Å². The van der Waals surface area contributed by atoms with Gasteiger partial charge in [0.1, 0.15) is 0 Å². The van der Waals surface area contributed by atoms with Crippen molar-refractivity contribution in [3.8, 4) is 0 Å². The average Bonchev–Trinajstić information content (AvgIpc) is 3.23. The van der Waals surface area contributed by atoms with Crippen LogP contribution in [0.3, 0.4) is 0 Å². The zero-order valence-electron chi connectivity index (χ0n) is 12.5. The second-order valence-electron chi connectivity index (χ2n) is 6.79. The molecule has 0 saturated heterocycles. The van der Waals surface area contributed by atoms with Crippen molar-refractivity contribution in [2.75, 3.05) is 19.4 Å². The van der Waals surface area contributed by atoms with E-state index in [-0.39, 0.29) is 0 Å². The second-order valence-corrected chi connectivity index (χ2v) is 8.07. The third kappa shape index (κ3) is 2.58. The molecule has 0 aliphatic heterocycles. The number of rotatable bonds is 6. The molecule has 2 nitrogen and oxygen atoms in total. The molecule has 0 amide bonds. The summed E-state index contributed by atoms with van der Waals surface area (Å²) in [5, 5.41) is 3.92. The molecule has 0 aromatic heterocycles. The van der Waals surface area contributed by atoms with Crippen molar-refractivity contribution in [3.05, 3.63) is 0 Å². The van der Waals surface area contributed by atoms with Crippen LogP contribution in [0.25, 0.3) is 0 Å². The molecular weight excluding hydrogens is 254 g/mol. The minimum atomic E-state index is 0.489. The van der Waals surface area contributed by atoms with E-state index in [1.165, 1.54) is 57.9 Å². The highest BCUT2D eigenvalue weighted by Crippen LogP contribution is 2.54. The Morgan fingerprint density at radius 1 is 1.16 bits per heavy atom. The third-order valence-corrected chi connectivity index (χ3v) is 7.27. The Kier molecular flexibility index (Phi) is 4.17. The van der Waals surface area contributed by atoms with Crippen molar-refractivity contribution in [1.29, 1.82) is 0 Å². The summed E-state index contributed by atoms with van der Waals surface area (Å²) in [6.45, 7) is 4.25. The highest BCUT2D eigenvalue weighted by atomic mass is 32.2. The molecule has 19 heavy (non-hydrogen) atoms. The van der Waals surface area contributed by atoms with E-state index in [0.717, 1.165) is 12.6 Å². The van der Waals surface area contributed by atoms with E-state index in [1.54, 1.807) is 0 Å². The quantitative estimate of drug-likeness (QED) is 0.805. The molecule has 110 valence electrons. The van der Waals surface area contributed by atoms with E-state index < -0.39 is 0 Å². The van der Waals surface area contributed by atoms with Crippen molar-refractivity contribution >= 4 is 11.8 Å². The molecule has 0 aromatic rings. The van der Waals surface area contributed by atoms with Gasteiger partial charge in [-0.1, -0.05) is 19.3 Å². The summed E-state index contributed by atoms with van der Waals surface area (Å²) in [5.74, 6) is 0. The summed E-state index contributed by atoms with van der Waals surface area (Å²) in [6, 6.07) is 0.731. The zero-order chi connectivity index (χ0) is 13.3. The van der Waals surface area contributed by atoms with Crippen molar-refractivity contribution in [3.63, 3.8) is 0 Å². The van der Waals surface area contributed by atoms with Crippen LogP contribution in [-0.2, 0) is 4.74 Å². The van der Waals surface area contributed by atoms with Gasteiger partial charge in [-0.3, -0.25) is 0 Å². The lowest BCUT2D eigenvalue weighted by molar-refractivity contribution is -0.149. The topological polar surface area (TPSA) is 21.3 Å². The number of thioether (sulfide) groups is 1. The summed E-state index contributed by atoms with van der Waals surface area (Å²) in [4.78, 5) is 0. The van der Waals surface area contributed by atoms with Gasteiger partial charge in [-0.25, -0.2) is 0 Å². The smallest absolute Gasteiger partial charge is 0.0661 e. The molecule has 2 atom stereocenters. The molecule has 1 N–H and O–H groups in total. The van der Waals surface area contributed by atoms with Gasteiger partial charge in [0.05, 0.1) is 6.10 Å². The lowest BCUT2D eigenvalue weighted by Gasteiger charge is -2.58. The summed E-state index contributed by atoms with van der Waals surface area (Å²) < 4.78 is 6.62. The fourth-order valence-electron chi connectivity index (χ4n) is 4.25. The van der Waals surface area contributed by atoms with Gasteiger partial charge < -0.3 is 10.1 Å².